The fourth-order valence-electron chi connectivity index (χ4n) is 3.02. The Balaban J connectivity index is 1.63. The van der Waals surface area contributed by atoms with E-state index in [4.69, 9.17) is 27.6 Å². The van der Waals surface area contributed by atoms with Crippen LogP contribution >= 0.6 is 35.0 Å². The van der Waals surface area contributed by atoms with Crippen molar-refractivity contribution in [3.05, 3.63) is 86.5 Å². The number of aromatic nitrogens is 2. The zero-order valence-corrected chi connectivity index (χ0v) is 18.7. The molecule has 0 atom stereocenters. The molecule has 0 spiro atoms. The molecule has 0 aliphatic heterocycles. The van der Waals surface area contributed by atoms with Crippen molar-refractivity contribution in [1.82, 2.24) is 9.55 Å². The fourth-order valence-corrected chi connectivity index (χ4v) is 4.15. The SMILES string of the molecule is N#Cc1ccc(Cl)cc1NC(=O)CSc1nc2cc(Cl)ccc2c(=O)n1Cc1ccco1. The molecule has 10 heteroatoms. The highest BCUT2D eigenvalue weighted by Gasteiger charge is 2.16. The number of nitrogens with one attached hydrogen (secondary N) is 1. The van der Waals surface area contributed by atoms with Crippen LogP contribution in [-0.4, -0.2) is 21.2 Å². The van der Waals surface area contributed by atoms with Gasteiger partial charge in [0.2, 0.25) is 5.91 Å². The second-order valence-corrected chi connectivity index (χ2v) is 8.48. The van der Waals surface area contributed by atoms with E-state index < -0.39 is 0 Å². The van der Waals surface area contributed by atoms with Crippen LogP contribution in [0.4, 0.5) is 5.69 Å². The molecule has 1 amide bonds. The molecule has 2 aromatic carbocycles. The number of hydrogen-bond donors (Lipinski definition) is 1. The second kappa shape index (κ2) is 9.49. The minimum Gasteiger partial charge on any atom is -0.467 e. The fraction of sp³-hybridized carbons (Fsp3) is 0.0909. The standard InChI is InChI=1S/C22H14Cl2N4O3S/c23-14-4-3-13(10-25)18(8-14)26-20(29)12-32-22-27-19-9-15(24)5-6-17(19)21(30)28(22)11-16-2-1-7-31-16/h1-9H,11-12H2,(H,26,29). The Bertz CT molecular complexity index is 1410. The molecule has 1 N–H and O–H groups in total. The molecule has 0 saturated heterocycles. The van der Waals surface area contributed by atoms with E-state index in [2.05, 4.69) is 10.3 Å². The summed E-state index contributed by atoms with van der Waals surface area (Å²) in [7, 11) is 0. The molecule has 0 fully saturated rings. The maximum Gasteiger partial charge on any atom is 0.262 e. The van der Waals surface area contributed by atoms with E-state index >= 15 is 0 Å². The van der Waals surface area contributed by atoms with Crippen molar-refractivity contribution in [3.8, 4) is 6.07 Å². The molecule has 2 heterocycles. The van der Waals surface area contributed by atoms with Crippen LogP contribution in [0.25, 0.3) is 10.9 Å². The molecular weight excluding hydrogens is 471 g/mol. The molecule has 0 radical (unpaired) electrons. The Labute approximate surface area is 196 Å². The van der Waals surface area contributed by atoms with E-state index in [9.17, 15) is 14.9 Å². The largest absolute Gasteiger partial charge is 0.467 e. The molecule has 4 rings (SSSR count). The van der Waals surface area contributed by atoms with E-state index in [-0.39, 0.29) is 23.8 Å². The number of anilines is 1. The Kier molecular flexibility index (Phi) is 6.51. The summed E-state index contributed by atoms with van der Waals surface area (Å²) in [5.74, 6) is 0.151. The topological polar surface area (TPSA) is 101 Å². The summed E-state index contributed by atoms with van der Waals surface area (Å²) in [6, 6.07) is 14.9. The number of nitriles is 1. The Hall–Kier alpha value is -3.25. The van der Waals surface area contributed by atoms with Gasteiger partial charge in [0.1, 0.15) is 11.8 Å². The number of halogens is 2. The number of carbonyl (C=O) groups is 1. The Morgan fingerprint density at radius 1 is 1.19 bits per heavy atom. The van der Waals surface area contributed by atoms with Crippen molar-refractivity contribution in [3.63, 3.8) is 0 Å². The molecule has 160 valence electrons. The van der Waals surface area contributed by atoms with Crippen LogP contribution in [0.5, 0.6) is 0 Å². The van der Waals surface area contributed by atoms with Crippen LogP contribution in [0.15, 0.2) is 69.2 Å². The third-order valence-corrected chi connectivity index (χ3v) is 5.93. The first kappa shape index (κ1) is 22.0. The number of benzene rings is 2. The molecule has 7 nitrogen and oxygen atoms in total. The van der Waals surface area contributed by atoms with Gasteiger partial charge in [0.25, 0.3) is 5.56 Å². The van der Waals surface area contributed by atoms with Gasteiger partial charge in [0.15, 0.2) is 5.16 Å². The molecule has 2 aromatic heterocycles. The lowest BCUT2D eigenvalue weighted by molar-refractivity contribution is -0.113. The van der Waals surface area contributed by atoms with Crippen LogP contribution in [0.3, 0.4) is 0 Å². The summed E-state index contributed by atoms with van der Waals surface area (Å²) in [4.78, 5) is 30.2. The third kappa shape index (κ3) is 4.81. The van der Waals surface area contributed by atoms with Gasteiger partial charge < -0.3 is 9.73 Å². The number of rotatable bonds is 6. The van der Waals surface area contributed by atoms with Gasteiger partial charge in [-0.15, -0.1) is 0 Å². The van der Waals surface area contributed by atoms with Crippen molar-refractivity contribution in [2.75, 3.05) is 11.1 Å². The van der Waals surface area contributed by atoms with Crippen molar-refractivity contribution in [2.45, 2.75) is 11.7 Å². The molecule has 0 bridgehead atoms. The number of thioether (sulfide) groups is 1. The molecule has 0 aliphatic carbocycles. The lowest BCUT2D eigenvalue weighted by Gasteiger charge is -2.13. The van der Waals surface area contributed by atoms with Gasteiger partial charge >= 0.3 is 0 Å². The summed E-state index contributed by atoms with van der Waals surface area (Å²) in [5, 5.41) is 13.5. The zero-order chi connectivity index (χ0) is 22.7. The molecule has 4 aromatic rings. The van der Waals surface area contributed by atoms with Gasteiger partial charge in [0.05, 0.1) is 40.7 Å². The number of furan rings is 1. The zero-order valence-electron chi connectivity index (χ0n) is 16.3. The first-order valence-corrected chi connectivity index (χ1v) is 11.0. The van der Waals surface area contributed by atoms with Crippen LogP contribution in [0.2, 0.25) is 10.0 Å². The summed E-state index contributed by atoms with van der Waals surface area (Å²) in [6.45, 7) is 0.161. The van der Waals surface area contributed by atoms with Crippen molar-refractivity contribution in [1.29, 1.82) is 5.26 Å². The van der Waals surface area contributed by atoms with E-state index in [1.54, 1.807) is 36.4 Å². The maximum atomic E-state index is 13.1. The highest BCUT2D eigenvalue weighted by Crippen LogP contribution is 2.23. The highest BCUT2D eigenvalue weighted by molar-refractivity contribution is 7.99. The first-order valence-electron chi connectivity index (χ1n) is 9.29. The van der Waals surface area contributed by atoms with E-state index in [1.165, 1.54) is 23.0 Å². The number of fused-ring (bicyclic) bond motifs is 1. The van der Waals surface area contributed by atoms with Crippen LogP contribution in [0, 0.1) is 11.3 Å². The van der Waals surface area contributed by atoms with E-state index in [0.717, 1.165) is 11.8 Å². The number of amides is 1. The summed E-state index contributed by atoms with van der Waals surface area (Å²) >= 11 is 13.1. The second-order valence-electron chi connectivity index (χ2n) is 6.67. The molecule has 0 unspecified atom stereocenters. The first-order chi connectivity index (χ1) is 15.4. The van der Waals surface area contributed by atoms with Gasteiger partial charge in [-0.2, -0.15) is 5.26 Å². The smallest absolute Gasteiger partial charge is 0.262 e. The predicted octanol–water partition coefficient (Wildman–Crippen LogP) is 4.95. The molecular formula is C22H14Cl2N4O3S. The molecule has 0 aliphatic rings. The average molecular weight is 485 g/mol. The number of nitrogens with zero attached hydrogens (tertiary/aromatic N) is 3. The van der Waals surface area contributed by atoms with Crippen LogP contribution in [0.1, 0.15) is 11.3 Å². The lowest BCUT2D eigenvalue weighted by atomic mass is 10.2. The Morgan fingerprint density at radius 2 is 1.97 bits per heavy atom. The number of hydrogen-bond acceptors (Lipinski definition) is 6. The summed E-state index contributed by atoms with van der Waals surface area (Å²) in [5.41, 5.74) is 0.771. The average Bonchev–Trinajstić information content (AvgIpc) is 3.28. The van der Waals surface area contributed by atoms with Gasteiger partial charge in [-0.05, 0) is 48.5 Å². The van der Waals surface area contributed by atoms with E-state index in [1.807, 2.05) is 6.07 Å². The van der Waals surface area contributed by atoms with E-state index in [0.29, 0.717) is 43.1 Å². The van der Waals surface area contributed by atoms with Gasteiger partial charge in [-0.1, -0.05) is 35.0 Å². The quantitative estimate of drug-likeness (QED) is 0.307. The van der Waals surface area contributed by atoms with Gasteiger partial charge in [-0.25, -0.2) is 4.98 Å². The summed E-state index contributed by atoms with van der Waals surface area (Å²) in [6.07, 6.45) is 1.52. The third-order valence-electron chi connectivity index (χ3n) is 4.48. The van der Waals surface area contributed by atoms with Crippen LogP contribution < -0.4 is 10.9 Å². The predicted molar refractivity (Wildman–Crippen MR) is 124 cm³/mol. The number of carbonyl (C=O) groups excluding carboxylic acids is 1. The normalized spacial score (nSPS) is 10.8. The molecule has 32 heavy (non-hydrogen) atoms. The van der Waals surface area contributed by atoms with Gasteiger partial charge in [-0.3, -0.25) is 14.2 Å². The highest BCUT2D eigenvalue weighted by atomic mass is 35.5. The van der Waals surface area contributed by atoms with Gasteiger partial charge in [0, 0.05) is 10.0 Å². The maximum absolute atomic E-state index is 13.1. The van der Waals surface area contributed by atoms with Crippen molar-refractivity contribution in [2.24, 2.45) is 0 Å². The van der Waals surface area contributed by atoms with Crippen molar-refractivity contribution < 1.29 is 9.21 Å². The molecule has 0 saturated carbocycles. The van der Waals surface area contributed by atoms with Crippen LogP contribution in [-0.2, 0) is 11.3 Å². The lowest BCUT2D eigenvalue weighted by Crippen LogP contribution is -2.24. The monoisotopic (exact) mass is 484 g/mol. The minimum atomic E-state index is -0.376. The summed E-state index contributed by atoms with van der Waals surface area (Å²) < 4.78 is 6.83. The Morgan fingerprint density at radius 3 is 2.72 bits per heavy atom. The van der Waals surface area contributed by atoms with Crippen molar-refractivity contribution >= 4 is 57.5 Å². The minimum absolute atomic E-state index is 0.0476.